The van der Waals surface area contributed by atoms with E-state index in [-0.39, 0.29) is 11.9 Å². The summed E-state index contributed by atoms with van der Waals surface area (Å²) in [5.41, 5.74) is 5.50. The second-order valence-electron chi connectivity index (χ2n) is 9.24. The summed E-state index contributed by atoms with van der Waals surface area (Å²) >= 11 is 0. The SMILES string of the molecule is [C-]#[N+]c1cc2[nH]nc(-c3ccc(N4CCC(O)CC4)nc3)c2cc1-c1c(C)cc(CCC)cc1F. The summed E-state index contributed by atoms with van der Waals surface area (Å²) in [6.07, 6.45) is 4.82. The lowest BCUT2D eigenvalue weighted by molar-refractivity contribution is 0.145. The maximum Gasteiger partial charge on any atom is 0.197 e. The largest absolute Gasteiger partial charge is 0.393 e. The molecule has 0 unspecified atom stereocenters. The molecule has 0 spiro atoms. The van der Waals surface area contributed by atoms with Crippen molar-refractivity contribution >= 4 is 22.4 Å². The number of hydrogen-bond acceptors (Lipinski definition) is 4. The first-order chi connectivity index (χ1) is 17.0. The van der Waals surface area contributed by atoms with Crippen LogP contribution in [0.3, 0.4) is 0 Å². The zero-order valence-corrected chi connectivity index (χ0v) is 20.0. The van der Waals surface area contributed by atoms with E-state index in [4.69, 9.17) is 6.57 Å². The molecule has 1 aliphatic rings. The smallest absolute Gasteiger partial charge is 0.197 e. The molecule has 0 saturated carbocycles. The Morgan fingerprint density at radius 1 is 1.20 bits per heavy atom. The number of anilines is 1. The number of aromatic nitrogens is 3. The molecule has 3 heterocycles. The fourth-order valence-corrected chi connectivity index (χ4v) is 4.96. The van der Waals surface area contributed by atoms with Crippen molar-refractivity contribution in [2.75, 3.05) is 18.0 Å². The number of aliphatic hydroxyl groups excluding tert-OH is 1. The molecular weight excluding hydrogens is 441 g/mol. The summed E-state index contributed by atoms with van der Waals surface area (Å²) in [6.45, 7) is 13.2. The van der Waals surface area contributed by atoms with E-state index in [0.717, 1.165) is 72.2 Å². The molecule has 6 nitrogen and oxygen atoms in total. The van der Waals surface area contributed by atoms with Gasteiger partial charge in [0, 0.05) is 35.8 Å². The Bertz CT molecular complexity index is 1390. The van der Waals surface area contributed by atoms with E-state index in [1.54, 1.807) is 18.3 Å². The minimum Gasteiger partial charge on any atom is -0.393 e. The highest BCUT2D eigenvalue weighted by molar-refractivity contribution is 6.00. The van der Waals surface area contributed by atoms with Crippen molar-refractivity contribution in [2.24, 2.45) is 0 Å². The van der Waals surface area contributed by atoms with Crippen LogP contribution in [0.2, 0.25) is 0 Å². The third kappa shape index (κ3) is 4.38. The van der Waals surface area contributed by atoms with E-state index >= 15 is 4.39 Å². The van der Waals surface area contributed by atoms with Gasteiger partial charge < -0.3 is 10.0 Å². The first kappa shape index (κ1) is 23.0. The Hall–Kier alpha value is -3.76. The molecule has 35 heavy (non-hydrogen) atoms. The maximum atomic E-state index is 15.3. The summed E-state index contributed by atoms with van der Waals surface area (Å²) < 4.78 is 15.3. The molecule has 5 rings (SSSR count). The lowest BCUT2D eigenvalue weighted by Crippen LogP contribution is -2.36. The van der Waals surface area contributed by atoms with Gasteiger partial charge in [-0.1, -0.05) is 25.5 Å². The molecule has 1 saturated heterocycles. The molecule has 0 amide bonds. The lowest BCUT2D eigenvalue weighted by Gasteiger charge is -2.30. The maximum absolute atomic E-state index is 15.3. The zero-order chi connectivity index (χ0) is 24.5. The van der Waals surface area contributed by atoms with Gasteiger partial charge in [0.2, 0.25) is 0 Å². The highest BCUT2D eigenvalue weighted by atomic mass is 19.1. The van der Waals surface area contributed by atoms with Crippen LogP contribution >= 0.6 is 0 Å². The second-order valence-corrected chi connectivity index (χ2v) is 9.24. The van der Waals surface area contributed by atoms with Crippen molar-refractivity contribution in [3.8, 4) is 22.4 Å². The molecule has 1 aliphatic heterocycles. The van der Waals surface area contributed by atoms with Crippen LogP contribution in [0.1, 0.15) is 37.3 Å². The van der Waals surface area contributed by atoms with Crippen LogP contribution < -0.4 is 4.90 Å². The summed E-state index contributed by atoms with van der Waals surface area (Å²) in [5, 5.41) is 18.1. The topological polar surface area (TPSA) is 69.4 Å². The Kier molecular flexibility index (Phi) is 6.23. The van der Waals surface area contributed by atoms with Crippen molar-refractivity contribution in [3.63, 3.8) is 0 Å². The number of halogens is 1. The molecule has 178 valence electrons. The number of nitrogens with zero attached hydrogens (tertiary/aromatic N) is 4. The molecular formula is C28H28FN5O. The van der Waals surface area contributed by atoms with E-state index in [2.05, 4.69) is 31.9 Å². The number of nitrogens with one attached hydrogen (secondary N) is 1. The van der Waals surface area contributed by atoms with Gasteiger partial charge in [0.15, 0.2) is 5.69 Å². The van der Waals surface area contributed by atoms with Crippen molar-refractivity contribution in [3.05, 3.63) is 71.0 Å². The van der Waals surface area contributed by atoms with E-state index < -0.39 is 0 Å². The molecule has 2 N–H and O–H groups in total. The Labute approximate surface area is 204 Å². The third-order valence-corrected chi connectivity index (χ3v) is 6.76. The van der Waals surface area contributed by atoms with Gasteiger partial charge in [-0.05, 0) is 67.1 Å². The van der Waals surface area contributed by atoms with Crippen LogP contribution in [0, 0.1) is 19.3 Å². The number of aryl methyl sites for hydroxylation is 2. The highest BCUT2D eigenvalue weighted by Crippen LogP contribution is 2.40. The summed E-state index contributed by atoms with van der Waals surface area (Å²) in [4.78, 5) is 10.5. The molecule has 0 bridgehead atoms. The number of aromatic amines is 1. The molecule has 1 fully saturated rings. The fraction of sp³-hybridized carbons (Fsp3) is 0.321. The average Bonchev–Trinajstić information content (AvgIpc) is 3.27. The molecule has 0 atom stereocenters. The molecule has 0 aliphatic carbocycles. The van der Waals surface area contributed by atoms with Crippen molar-refractivity contribution < 1.29 is 9.50 Å². The third-order valence-electron chi connectivity index (χ3n) is 6.76. The minimum atomic E-state index is -0.305. The summed E-state index contributed by atoms with van der Waals surface area (Å²) in [5.74, 6) is 0.571. The van der Waals surface area contributed by atoms with Crippen molar-refractivity contribution in [2.45, 2.75) is 45.6 Å². The van der Waals surface area contributed by atoms with Crippen LogP contribution in [0.25, 0.3) is 38.1 Å². The first-order valence-electron chi connectivity index (χ1n) is 12.1. The van der Waals surface area contributed by atoms with Crippen molar-refractivity contribution in [1.29, 1.82) is 0 Å². The zero-order valence-electron chi connectivity index (χ0n) is 20.0. The van der Waals surface area contributed by atoms with E-state index in [1.165, 1.54) is 0 Å². The normalized spacial score (nSPS) is 14.4. The minimum absolute atomic E-state index is 0.230. The van der Waals surface area contributed by atoms with Crippen LogP contribution in [0.5, 0.6) is 0 Å². The number of hydrogen-bond donors (Lipinski definition) is 2. The van der Waals surface area contributed by atoms with E-state index in [1.807, 2.05) is 31.2 Å². The number of H-pyrrole nitrogens is 1. The van der Waals surface area contributed by atoms with Gasteiger partial charge in [-0.2, -0.15) is 5.10 Å². The molecule has 4 aromatic rings. The van der Waals surface area contributed by atoms with Gasteiger partial charge in [0.25, 0.3) is 0 Å². The Morgan fingerprint density at radius 3 is 2.66 bits per heavy atom. The summed E-state index contributed by atoms with van der Waals surface area (Å²) in [7, 11) is 0. The Balaban J connectivity index is 1.55. The number of fused-ring (bicyclic) bond motifs is 1. The standard InChI is InChI=1S/C28H28FN5O/c1-4-5-18-12-17(2)27(23(29)13-18)21-14-22-25(15-24(21)30-3)32-33-28(22)19-6-7-26(31-16-19)34-10-8-20(35)9-11-34/h6-7,12-16,20,35H,4-5,8-11H2,1-2H3,(H,32,33). The number of benzene rings is 2. The number of aliphatic hydroxyl groups is 1. The molecule has 2 aromatic carbocycles. The second kappa shape index (κ2) is 9.47. The van der Waals surface area contributed by atoms with E-state index in [9.17, 15) is 5.11 Å². The van der Waals surface area contributed by atoms with Crippen LogP contribution in [-0.2, 0) is 6.42 Å². The molecule has 2 aromatic heterocycles. The quantitative estimate of drug-likeness (QED) is 0.341. The number of piperidine rings is 1. The van der Waals surface area contributed by atoms with Crippen LogP contribution in [0.15, 0.2) is 42.6 Å². The Morgan fingerprint density at radius 2 is 2.00 bits per heavy atom. The lowest BCUT2D eigenvalue weighted by atomic mass is 9.93. The van der Waals surface area contributed by atoms with Gasteiger partial charge in [-0.15, -0.1) is 0 Å². The number of pyridine rings is 1. The van der Waals surface area contributed by atoms with Crippen LogP contribution in [-0.4, -0.2) is 39.5 Å². The summed E-state index contributed by atoms with van der Waals surface area (Å²) in [6, 6.07) is 11.2. The van der Waals surface area contributed by atoms with E-state index in [0.29, 0.717) is 22.5 Å². The predicted molar refractivity (Wildman–Crippen MR) is 137 cm³/mol. The van der Waals surface area contributed by atoms with Gasteiger partial charge in [0.1, 0.15) is 17.3 Å². The first-order valence-corrected chi connectivity index (χ1v) is 12.1. The van der Waals surface area contributed by atoms with Crippen LogP contribution in [0.4, 0.5) is 15.9 Å². The highest BCUT2D eigenvalue weighted by Gasteiger charge is 2.20. The monoisotopic (exact) mass is 469 g/mol. The van der Waals surface area contributed by atoms with Crippen molar-refractivity contribution in [1.82, 2.24) is 15.2 Å². The van der Waals surface area contributed by atoms with Gasteiger partial charge >= 0.3 is 0 Å². The molecule has 0 radical (unpaired) electrons. The fourth-order valence-electron chi connectivity index (χ4n) is 4.96. The average molecular weight is 470 g/mol. The predicted octanol–water partition coefficient (Wildman–Crippen LogP) is 6.20. The van der Waals surface area contributed by atoms with Gasteiger partial charge in [-0.3, -0.25) is 5.10 Å². The van der Waals surface area contributed by atoms with Gasteiger partial charge in [-0.25, -0.2) is 14.2 Å². The molecule has 7 heteroatoms. The number of rotatable bonds is 5. The van der Waals surface area contributed by atoms with Gasteiger partial charge in [0.05, 0.1) is 18.2 Å².